The molecular formula is C24H24N6O2. The summed E-state index contributed by atoms with van der Waals surface area (Å²) in [4.78, 5) is 29.1. The molecule has 1 saturated carbocycles. The van der Waals surface area contributed by atoms with Crippen LogP contribution in [-0.2, 0) is 0 Å². The first-order valence-electron chi connectivity index (χ1n) is 11.1. The van der Waals surface area contributed by atoms with E-state index in [0.717, 1.165) is 55.6 Å². The molecule has 0 radical (unpaired) electrons. The molecule has 1 aliphatic heterocycles. The van der Waals surface area contributed by atoms with Crippen molar-refractivity contribution < 1.29 is 4.74 Å². The maximum absolute atomic E-state index is 12.8. The number of ether oxygens (including phenoxy) is 1. The number of nitriles is 1. The molecule has 162 valence electrons. The number of fused-ring (bicyclic) bond motifs is 2. The number of likely N-dealkylation sites (tertiary alicyclic amines) is 1. The summed E-state index contributed by atoms with van der Waals surface area (Å²) in [5, 5.41) is 10.0. The number of nitrogens with one attached hydrogen (secondary N) is 3. The van der Waals surface area contributed by atoms with Crippen LogP contribution in [0.2, 0.25) is 0 Å². The van der Waals surface area contributed by atoms with Gasteiger partial charge in [-0.2, -0.15) is 5.26 Å². The van der Waals surface area contributed by atoms with Gasteiger partial charge >= 0.3 is 0 Å². The van der Waals surface area contributed by atoms with E-state index in [1.165, 1.54) is 5.56 Å². The SMILES string of the molecule is CN1CCC(c2ccc3[nH]c(-c4c(=O)[nH]cc5c(C#N)c[nH]c45)nc3c2OC2CC2)CC1. The van der Waals surface area contributed by atoms with Gasteiger partial charge in [-0.25, -0.2) is 4.98 Å². The van der Waals surface area contributed by atoms with Crippen molar-refractivity contribution in [2.75, 3.05) is 20.1 Å². The van der Waals surface area contributed by atoms with Crippen molar-refractivity contribution in [1.82, 2.24) is 24.8 Å². The largest absolute Gasteiger partial charge is 0.488 e. The minimum atomic E-state index is -0.261. The van der Waals surface area contributed by atoms with Gasteiger partial charge in [-0.15, -0.1) is 0 Å². The molecule has 0 unspecified atom stereocenters. The quantitative estimate of drug-likeness (QED) is 0.459. The number of pyridine rings is 1. The molecule has 2 fully saturated rings. The zero-order valence-electron chi connectivity index (χ0n) is 17.9. The van der Waals surface area contributed by atoms with Crippen LogP contribution < -0.4 is 10.3 Å². The molecule has 0 amide bonds. The van der Waals surface area contributed by atoms with Gasteiger partial charge in [0.1, 0.15) is 23.0 Å². The van der Waals surface area contributed by atoms with Crippen molar-refractivity contribution in [1.29, 1.82) is 5.26 Å². The van der Waals surface area contributed by atoms with Gasteiger partial charge in [-0.1, -0.05) is 6.07 Å². The summed E-state index contributed by atoms with van der Waals surface area (Å²) in [5.74, 6) is 1.77. The van der Waals surface area contributed by atoms with Gasteiger partial charge in [0.05, 0.1) is 22.7 Å². The second-order valence-corrected chi connectivity index (χ2v) is 8.96. The molecule has 2 aliphatic rings. The lowest BCUT2D eigenvalue weighted by Crippen LogP contribution is -2.29. The summed E-state index contributed by atoms with van der Waals surface area (Å²) < 4.78 is 6.41. The molecule has 8 nitrogen and oxygen atoms in total. The molecule has 0 spiro atoms. The zero-order chi connectivity index (χ0) is 21.8. The Labute approximate surface area is 184 Å². The molecular weight excluding hydrogens is 404 g/mol. The number of H-pyrrole nitrogens is 3. The fourth-order valence-electron chi connectivity index (χ4n) is 4.73. The van der Waals surface area contributed by atoms with Crippen molar-refractivity contribution >= 4 is 21.9 Å². The highest BCUT2D eigenvalue weighted by Crippen LogP contribution is 2.41. The predicted octanol–water partition coefficient (Wildman–Crippen LogP) is 3.62. The number of hydrogen-bond donors (Lipinski definition) is 3. The highest BCUT2D eigenvalue weighted by atomic mass is 16.5. The molecule has 1 aliphatic carbocycles. The average Bonchev–Trinajstić information content (AvgIpc) is 3.36. The first-order chi connectivity index (χ1) is 15.6. The molecule has 3 aromatic heterocycles. The lowest BCUT2D eigenvalue weighted by atomic mass is 9.88. The van der Waals surface area contributed by atoms with Crippen LogP contribution in [0, 0.1) is 11.3 Å². The van der Waals surface area contributed by atoms with Gasteiger partial charge in [0, 0.05) is 17.8 Å². The first kappa shape index (κ1) is 19.1. The Morgan fingerprint density at radius 2 is 1.97 bits per heavy atom. The molecule has 4 heterocycles. The van der Waals surface area contributed by atoms with Crippen LogP contribution in [-0.4, -0.2) is 51.1 Å². The van der Waals surface area contributed by atoms with Crippen LogP contribution in [0.3, 0.4) is 0 Å². The van der Waals surface area contributed by atoms with E-state index >= 15 is 0 Å². The monoisotopic (exact) mass is 428 g/mol. The van der Waals surface area contributed by atoms with Crippen LogP contribution in [0.1, 0.15) is 42.7 Å². The van der Waals surface area contributed by atoms with E-state index in [1.54, 1.807) is 12.4 Å². The topological polar surface area (TPSA) is 114 Å². The summed E-state index contributed by atoms with van der Waals surface area (Å²) in [6.45, 7) is 2.14. The molecule has 4 aromatic rings. The van der Waals surface area contributed by atoms with Crippen molar-refractivity contribution in [3.63, 3.8) is 0 Å². The summed E-state index contributed by atoms with van der Waals surface area (Å²) in [5.41, 5.74) is 4.05. The van der Waals surface area contributed by atoms with Crippen molar-refractivity contribution in [2.24, 2.45) is 0 Å². The number of aromatic amines is 3. The van der Waals surface area contributed by atoms with E-state index in [1.807, 2.05) is 6.07 Å². The molecule has 1 aromatic carbocycles. The van der Waals surface area contributed by atoms with Gasteiger partial charge < -0.3 is 24.6 Å². The minimum Gasteiger partial charge on any atom is -0.488 e. The van der Waals surface area contributed by atoms with E-state index in [4.69, 9.17) is 9.72 Å². The van der Waals surface area contributed by atoms with Gasteiger partial charge in [-0.05, 0) is 63.4 Å². The number of hydrogen-bond acceptors (Lipinski definition) is 5. The fourth-order valence-corrected chi connectivity index (χ4v) is 4.73. The number of benzene rings is 1. The second-order valence-electron chi connectivity index (χ2n) is 8.96. The maximum Gasteiger partial charge on any atom is 0.261 e. The zero-order valence-corrected chi connectivity index (χ0v) is 17.9. The smallest absolute Gasteiger partial charge is 0.261 e. The minimum absolute atomic E-state index is 0.249. The Kier molecular flexibility index (Phi) is 4.33. The van der Waals surface area contributed by atoms with Crippen LogP contribution in [0.15, 0.2) is 29.3 Å². The summed E-state index contributed by atoms with van der Waals surface area (Å²) in [6.07, 6.45) is 7.76. The van der Waals surface area contributed by atoms with E-state index in [2.05, 4.69) is 39.0 Å². The molecule has 0 bridgehead atoms. The van der Waals surface area contributed by atoms with E-state index in [-0.39, 0.29) is 11.7 Å². The second kappa shape index (κ2) is 7.24. The maximum atomic E-state index is 12.8. The molecule has 1 saturated heterocycles. The lowest BCUT2D eigenvalue weighted by molar-refractivity contribution is 0.248. The van der Waals surface area contributed by atoms with Crippen LogP contribution in [0.4, 0.5) is 0 Å². The number of imidazole rings is 1. The highest BCUT2D eigenvalue weighted by molar-refractivity contribution is 5.97. The van der Waals surface area contributed by atoms with Gasteiger partial charge in [-0.3, -0.25) is 4.79 Å². The van der Waals surface area contributed by atoms with Gasteiger partial charge in [0.15, 0.2) is 5.75 Å². The molecule has 8 heteroatoms. The molecule has 3 N–H and O–H groups in total. The van der Waals surface area contributed by atoms with Crippen LogP contribution in [0.5, 0.6) is 5.75 Å². The van der Waals surface area contributed by atoms with Crippen LogP contribution >= 0.6 is 0 Å². The summed E-state index contributed by atoms with van der Waals surface area (Å²) in [6, 6.07) is 6.35. The normalized spacial score (nSPS) is 17.8. The standard InChI is InChI=1S/C24H24N6O2/c1-30-8-6-13(7-9-30)16-4-5-18-21(22(16)32-15-2-3-15)29-23(28-18)19-20-17(12-27-24(19)31)14(10-25)11-26-20/h4-5,11-13,15,26H,2-3,6-9H2,1H3,(H,27,31)(H,28,29). The third kappa shape index (κ3) is 3.09. The number of aromatic nitrogens is 4. The lowest BCUT2D eigenvalue weighted by Gasteiger charge is -2.30. The van der Waals surface area contributed by atoms with Gasteiger partial charge in [0.25, 0.3) is 5.56 Å². The third-order valence-electron chi connectivity index (χ3n) is 6.71. The summed E-state index contributed by atoms with van der Waals surface area (Å²) >= 11 is 0. The Hall–Kier alpha value is -3.57. The Morgan fingerprint density at radius 3 is 2.72 bits per heavy atom. The van der Waals surface area contributed by atoms with E-state index < -0.39 is 0 Å². The third-order valence-corrected chi connectivity index (χ3v) is 6.71. The molecule has 0 atom stereocenters. The Balaban J connectivity index is 1.52. The van der Waals surface area contributed by atoms with Crippen molar-refractivity contribution in [3.05, 3.63) is 46.0 Å². The molecule has 32 heavy (non-hydrogen) atoms. The Morgan fingerprint density at radius 1 is 1.16 bits per heavy atom. The number of piperidine rings is 1. The predicted molar refractivity (Wildman–Crippen MR) is 122 cm³/mol. The average molecular weight is 428 g/mol. The number of nitrogens with zero attached hydrogens (tertiary/aromatic N) is 3. The van der Waals surface area contributed by atoms with E-state index in [0.29, 0.717) is 33.8 Å². The Bertz CT molecular complexity index is 1430. The summed E-state index contributed by atoms with van der Waals surface area (Å²) in [7, 11) is 2.16. The molecule has 6 rings (SSSR count). The van der Waals surface area contributed by atoms with Gasteiger partial charge in [0.2, 0.25) is 0 Å². The fraction of sp³-hybridized carbons (Fsp3) is 0.375. The van der Waals surface area contributed by atoms with Crippen molar-refractivity contribution in [2.45, 2.75) is 37.7 Å². The van der Waals surface area contributed by atoms with Crippen molar-refractivity contribution in [3.8, 4) is 23.2 Å². The number of rotatable bonds is 4. The first-order valence-corrected chi connectivity index (χ1v) is 11.1. The van der Waals surface area contributed by atoms with Crippen LogP contribution in [0.25, 0.3) is 33.3 Å². The van der Waals surface area contributed by atoms with E-state index in [9.17, 15) is 10.1 Å². The highest BCUT2D eigenvalue weighted by Gasteiger charge is 2.30.